The van der Waals surface area contributed by atoms with Crippen LogP contribution < -0.4 is 0 Å². The largest absolute Gasteiger partial charge is 0.377 e. The summed E-state index contributed by atoms with van der Waals surface area (Å²) in [5.74, 6) is 3.46. The van der Waals surface area contributed by atoms with Gasteiger partial charge < -0.3 is 4.74 Å². The van der Waals surface area contributed by atoms with Crippen molar-refractivity contribution in [2.75, 3.05) is 6.61 Å². The minimum Gasteiger partial charge on any atom is -0.377 e. The van der Waals surface area contributed by atoms with Gasteiger partial charge in [0.1, 0.15) is 5.78 Å². The van der Waals surface area contributed by atoms with E-state index in [9.17, 15) is 4.79 Å². The molecule has 0 amide bonds. The normalized spacial score (nSPS) is 57.7. The van der Waals surface area contributed by atoms with Crippen LogP contribution in [0.5, 0.6) is 0 Å². The zero-order chi connectivity index (χ0) is 22.9. The Hall–Kier alpha value is -0.370. The number of carbonyl (C=O) groups excluding carboxylic acids is 1. The van der Waals surface area contributed by atoms with E-state index < -0.39 is 0 Å². The van der Waals surface area contributed by atoms with E-state index in [1.807, 2.05) is 0 Å². The van der Waals surface area contributed by atoms with Crippen LogP contribution in [0.15, 0.2) is 0 Å². The zero-order valence-corrected chi connectivity index (χ0v) is 22.0. The van der Waals surface area contributed by atoms with Crippen molar-refractivity contribution >= 4 is 5.78 Å². The Kier molecular flexibility index (Phi) is 4.31. The van der Waals surface area contributed by atoms with Crippen molar-refractivity contribution in [3.05, 3.63) is 0 Å². The van der Waals surface area contributed by atoms with Gasteiger partial charge in [-0.05, 0) is 109 Å². The molecule has 5 aliphatic carbocycles. The summed E-state index contributed by atoms with van der Waals surface area (Å²) in [6.45, 7) is 18.6. The fourth-order valence-corrected chi connectivity index (χ4v) is 11.8. The lowest BCUT2D eigenvalue weighted by molar-refractivity contribution is -0.239. The molecule has 32 heavy (non-hydrogen) atoms. The Balaban J connectivity index is 1.40. The first-order chi connectivity index (χ1) is 14.8. The second-order valence-electron chi connectivity index (χ2n) is 15.4. The van der Waals surface area contributed by atoms with Gasteiger partial charge >= 0.3 is 0 Å². The van der Waals surface area contributed by atoms with Crippen LogP contribution in [-0.4, -0.2) is 18.5 Å². The summed E-state index contributed by atoms with van der Waals surface area (Å²) in [5.41, 5.74) is 1.83. The van der Waals surface area contributed by atoms with Crippen LogP contribution in [-0.2, 0) is 9.53 Å². The van der Waals surface area contributed by atoms with Gasteiger partial charge in [0.25, 0.3) is 0 Å². The van der Waals surface area contributed by atoms with Crippen molar-refractivity contribution in [3.63, 3.8) is 0 Å². The van der Waals surface area contributed by atoms with Crippen molar-refractivity contribution in [1.82, 2.24) is 0 Å². The maximum absolute atomic E-state index is 12.9. The molecule has 0 aromatic carbocycles. The third kappa shape index (κ3) is 2.35. The molecule has 6 rings (SSSR count). The van der Waals surface area contributed by atoms with Gasteiger partial charge in [0.2, 0.25) is 0 Å². The van der Waals surface area contributed by atoms with Crippen molar-refractivity contribution in [1.29, 1.82) is 0 Å². The molecule has 6 aliphatic rings. The molecule has 0 aromatic rings. The van der Waals surface area contributed by atoms with Crippen LogP contribution in [0.4, 0.5) is 0 Å². The zero-order valence-electron chi connectivity index (χ0n) is 22.0. The fourth-order valence-electron chi connectivity index (χ4n) is 11.8. The minimum atomic E-state index is -0.136. The first-order valence-electron chi connectivity index (χ1n) is 14.0. The molecule has 1 aliphatic heterocycles. The van der Waals surface area contributed by atoms with Crippen LogP contribution in [0.3, 0.4) is 0 Å². The molecule has 9 atom stereocenters. The van der Waals surface area contributed by atoms with E-state index in [0.29, 0.717) is 44.9 Å². The maximum atomic E-state index is 12.9. The standard InChI is InChI=1S/C30H48O2/c1-25(2)14-16-30-17-15-28(6)19(23(30)24(25)32-18-30)8-9-21-27(5)12-11-22(31)26(3,4)20(27)10-13-29(21,28)7/h19-21,23-24H,8-18H2,1-7H3/t19?,20?,21?,23?,24?,27-,28+,29+,30?/m0/s1. The molecule has 6 unspecified atom stereocenters. The molecule has 2 heteroatoms. The fraction of sp³-hybridized carbons (Fsp3) is 0.967. The monoisotopic (exact) mass is 440 g/mol. The van der Waals surface area contributed by atoms with Crippen LogP contribution in [0.2, 0.25) is 0 Å². The number of ketones is 1. The molecule has 1 heterocycles. The Morgan fingerprint density at radius 3 is 2.22 bits per heavy atom. The summed E-state index contributed by atoms with van der Waals surface area (Å²) in [6.07, 6.45) is 13.3. The molecule has 6 fully saturated rings. The summed E-state index contributed by atoms with van der Waals surface area (Å²) < 4.78 is 6.70. The van der Waals surface area contributed by atoms with E-state index in [0.717, 1.165) is 37.2 Å². The topological polar surface area (TPSA) is 26.3 Å². The molecular formula is C30H48O2. The molecule has 5 saturated carbocycles. The van der Waals surface area contributed by atoms with E-state index in [4.69, 9.17) is 4.74 Å². The number of ether oxygens (including phenoxy) is 1. The summed E-state index contributed by atoms with van der Waals surface area (Å²) >= 11 is 0. The van der Waals surface area contributed by atoms with Crippen LogP contribution in [0.25, 0.3) is 0 Å². The maximum Gasteiger partial charge on any atom is 0.138 e. The minimum absolute atomic E-state index is 0.136. The quantitative estimate of drug-likeness (QED) is 0.391. The van der Waals surface area contributed by atoms with E-state index >= 15 is 0 Å². The van der Waals surface area contributed by atoms with Gasteiger partial charge in [-0.3, -0.25) is 4.79 Å². The number of rotatable bonds is 0. The second kappa shape index (κ2) is 6.24. The molecule has 2 nitrogen and oxygen atoms in total. The third-order valence-electron chi connectivity index (χ3n) is 13.9. The van der Waals surface area contributed by atoms with Crippen molar-refractivity contribution in [2.45, 2.75) is 119 Å². The Labute approximate surface area is 197 Å². The van der Waals surface area contributed by atoms with Gasteiger partial charge in [-0.25, -0.2) is 0 Å². The third-order valence-corrected chi connectivity index (χ3v) is 13.9. The van der Waals surface area contributed by atoms with E-state index in [1.165, 1.54) is 51.4 Å². The van der Waals surface area contributed by atoms with Crippen molar-refractivity contribution < 1.29 is 9.53 Å². The highest BCUT2D eigenvalue weighted by atomic mass is 16.5. The van der Waals surface area contributed by atoms with Crippen LogP contribution in [0, 0.1) is 56.2 Å². The van der Waals surface area contributed by atoms with E-state index in [2.05, 4.69) is 48.5 Å². The van der Waals surface area contributed by atoms with Crippen molar-refractivity contribution in [3.8, 4) is 0 Å². The first-order valence-corrected chi connectivity index (χ1v) is 14.0. The number of carbonyl (C=O) groups is 1. The second-order valence-corrected chi connectivity index (χ2v) is 15.4. The Bertz CT molecular complexity index is 842. The smallest absolute Gasteiger partial charge is 0.138 e. The van der Waals surface area contributed by atoms with Crippen molar-refractivity contribution in [2.24, 2.45) is 56.2 Å². The van der Waals surface area contributed by atoms with Crippen LogP contribution in [0.1, 0.15) is 113 Å². The molecule has 0 spiro atoms. The molecule has 2 bridgehead atoms. The van der Waals surface area contributed by atoms with Gasteiger partial charge in [-0.1, -0.05) is 48.5 Å². The summed E-state index contributed by atoms with van der Waals surface area (Å²) in [5, 5.41) is 0. The highest BCUT2D eigenvalue weighted by molar-refractivity contribution is 5.85. The number of Topliss-reactive ketones (excluding diaryl/α,β-unsaturated/α-hetero) is 1. The average Bonchev–Trinajstić information content (AvgIpc) is 3.05. The molecule has 0 aromatic heterocycles. The highest BCUT2D eigenvalue weighted by Crippen LogP contribution is 2.77. The lowest BCUT2D eigenvalue weighted by Crippen LogP contribution is -2.67. The van der Waals surface area contributed by atoms with Crippen LogP contribution >= 0.6 is 0 Å². The number of fused-ring (bicyclic) bond motifs is 5. The Morgan fingerprint density at radius 2 is 1.47 bits per heavy atom. The SMILES string of the molecule is CC1(C)CCC23CC[C@]4(C)C(CCC5[C@@]6(C)CCC(=O)C(C)(C)C6CC[C@]54C)C2C1OC3. The highest BCUT2D eigenvalue weighted by Gasteiger charge is 2.72. The first kappa shape index (κ1) is 22.1. The number of hydrogen-bond donors (Lipinski definition) is 0. The van der Waals surface area contributed by atoms with Gasteiger partial charge in [-0.2, -0.15) is 0 Å². The lowest BCUT2D eigenvalue weighted by Gasteiger charge is -2.72. The average molecular weight is 441 g/mol. The van der Waals surface area contributed by atoms with E-state index in [1.54, 1.807) is 0 Å². The summed E-state index contributed by atoms with van der Waals surface area (Å²) in [4.78, 5) is 12.9. The Morgan fingerprint density at radius 1 is 0.750 bits per heavy atom. The summed E-state index contributed by atoms with van der Waals surface area (Å²) in [7, 11) is 0. The predicted octanol–water partition coefficient (Wildman–Crippen LogP) is 7.45. The molecule has 1 saturated heterocycles. The van der Waals surface area contributed by atoms with Gasteiger partial charge in [-0.15, -0.1) is 0 Å². The molecule has 180 valence electrons. The lowest BCUT2D eigenvalue weighted by atomic mass is 9.31. The van der Waals surface area contributed by atoms with Gasteiger partial charge in [0.15, 0.2) is 0 Å². The van der Waals surface area contributed by atoms with Gasteiger partial charge in [0.05, 0.1) is 12.7 Å². The van der Waals surface area contributed by atoms with Gasteiger partial charge in [0, 0.05) is 11.8 Å². The molecule has 0 N–H and O–H groups in total. The number of hydrogen-bond acceptors (Lipinski definition) is 2. The molecular weight excluding hydrogens is 392 g/mol. The predicted molar refractivity (Wildman–Crippen MR) is 129 cm³/mol. The molecule has 0 radical (unpaired) electrons. The van der Waals surface area contributed by atoms with E-state index in [-0.39, 0.29) is 5.41 Å². The summed E-state index contributed by atoms with van der Waals surface area (Å²) in [6, 6.07) is 0.